The summed E-state index contributed by atoms with van der Waals surface area (Å²) in [7, 11) is 0. The summed E-state index contributed by atoms with van der Waals surface area (Å²) in [5, 5.41) is 0.854. The van der Waals surface area contributed by atoms with Crippen LogP contribution in [0.3, 0.4) is 0 Å². The van der Waals surface area contributed by atoms with Crippen LogP contribution in [-0.2, 0) is 11.3 Å². The standard InChI is InChI=1S/C18H18N2OS2/c21-17(14-23-16-9-5-2-6-10-16)20-11-12-22-18(20)19-13-15-7-3-1-4-8-15/h1-10H,11-14H2. The quantitative estimate of drug-likeness (QED) is 0.772. The third kappa shape index (κ3) is 4.62. The normalized spacial score (nSPS) is 16.0. The number of hydrogen-bond acceptors (Lipinski definition) is 4. The van der Waals surface area contributed by atoms with E-state index in [1.165, 1.54) is 5.56 Å². The van der Waals surface area contributed by atoms with E-state index in [0.717, 1.165) is 22.4 Å². The van der Waals surface area contributed by atoms with Crippen molar-refractivity contribution < 1.29 is 4.79 Å². The van der Waals surface area contributed by atoms with Crippen LogP contribution in [0.4, 0.5) is 0 Å². The maximum atomic E-state index is 12.5. The maximum Gasteiger partial charge on any atom is 0.238 e. The Hall–Kier alpha value is -1.72. The Morgan fingerprint density at radius 3 is 2.52 bits per heavy atom. The number of rotatable bonds is 5. The summed E-state index contributed by atoms with van der Waals surface area (Å²) in [5.74, 6) is 1.51. The molecule has 1 fully saturated rings. The lowest BCUT2D eigenvalue weighted by molar-refractivity contribution is -0.124. The van der Waals surface area contributed by atoms with Crippen molar-refractivity contribution in [2.24, 2.45) is 4.99 Å². The molecule has 0 saturated carbocycles. The predicted octanol–water partition coefficient (Wildman–Crippen LogP) is 3.91. The van der Waals surface area contributed by atoms with Gasteiger partial charge in [-0.3, -0.25) is 14.7 Å². The third-order valence-corrected chi connectivity index (χ3v) is 5.41. The Morgan fingerprint density at radius 2 is 1.78 bits per heavy atom. The number of carbonyl (C=O) groups is 1. The van der Waals surface area contributed by atoms with Crippen LogP contribution in [-0.4, -0.2) is 34.0 Å². The van der Waals surface area contributed by atoms with Crippen LogP contribution < -0.4 is 0 Å². The molecule has 1 aliphatic rings. The number of amides is 1. The van der Waals surface area contributed by atoms with Crippen LogP contribution in [0.15, 0.2) is 70.6 Å². The topological polar surface area (TPSA) is 32.7 Å². The fraction of sp³-hybridized carbons (Fsp3) is 0.222. The van der Waals surface area contributed by atoms with Gasteiger partial charge in [-0.05, 0) is 17.7 Å². The molecule has 1 aliphatic heterocycles. The largest absolute Gasteiger partial charge is 0.290 e. The molecule has 2 aromatic carbocycles. The van der Waals surface area contributed by atoms with E-state index in [-0.39, 0.29) is 5.91 Å². The number of hydrogen-bond donors (Lipinski definition) is 0. The molecule has 0 aliphatic carbocycles. The van der Waals surface area contributed by atoms with Crippen molar-refractivity contribution in [1.29, 1.82) is 0 Å². The van der Waals surface area contributed by atoms with Crippen LogP contribution in [0.1, 0.15) is 5.56 Å². The summed E-state index contributed by atoms with van der Waals surface area (Å²) >= 11 is 3.24. The highest BCUT2D eigenvalue weighted by molar-refractivity contribution is 8.14. The van der Waals surface area contributed by atoms with Gasteiger partial charge in [0.15, 0.2) is 5.17 Å². The monoisotopic (exact) mass is 342 g/mol. The van der Waals surface area contributed by atoms with E-state index >= 15 is 0 Å². The predicted molar refractivity (Wildman–Crippen MR) is 98.9 cm³/mol. The van der Waals surface area contributed by atoms with Gasteiger partial charge in [0.25, 0.3) is 0 Å². The second-order valence-corrected chi connectivity index (χ2v) is 7.19. The zero-order chi connectivity index (χ0) is 15.9. The summed E-state index contributed by atoms with van der Waals surface area (Å²) in [4.78, 5) is 20.0. The smallest absolute Gasteiger partial charge is 0.238 e. The zero-order valence-corrected chi connectivity index (χ0v) is 14.4. The highest BCUT2D eigenvalue weighted by Gasteiger charge is 2.25. The van der Waals surface area contributed by atoms with Crippen LogP contribution in [0.2, 0.25) is 0 Å². The van der Waals surface area contributed by atoms with Gasteiger partial charge in [0.2, 0.25) is 5.91 Å². The van der Waals surface area contributed by atoms with Gasteiger partial charge >= 0.3 is 0 Å². The number of carbonyl (C=O) groups excluding carboxylic acids is 1. The zero-order valence-electron chi connectivity index (χ0n) is 12.7. The van der Waals surface area contributed by atoms with Gasteiger partial charge in [0.05, 0.1) is 12.3 Å². The lowest BCUT2D eigenvalue weighted by Gasteiger charge is -2.15. The Bertz CT molecular complexity index is 674. The van der Waals surface area contributed by atoms with Gasteiger partial charge < -0.3 is 0 Å². The molecule has 3 nitrogen and oxygen atoms in total. The average molecular weight is 342 g/mol. The average Bonchev–Trinajstić information content (AvgIpc) is 3.08. The molecule has 0 radical (unpaired) electrons. The molecule has 2 aromatic rings. The lowest BCUT2D eigenvalue weighted by atomic mass is 10.2. The lowest BCUT2D eigenvalue weighted by Crippen LogP contribution is -2.33. The first-order valence-corrected chi connectivity index (χ1v) is 9.49. The van der Waals surface area contributed by atoms with E-state index in [2.05, 4.69) is 17.1 Å². The number of thioether (sulfide) groups is 2. The van der Waals surface area contributed by atoms with Crippen molar-refractivity contribution in [1.82, 2.24) is 4.90 Å². The van der Waals surface area contributed by atoms with E-state index in [4.69, 9.17) is 0 Å². The molecule has 3 rings (SSSR count). The number of benzene rings is 2. The molecule has 23 heavy (non-hydrogen) atoms. The fourth-order valence-electron chi connectivity index (χ4n) is 2.25. The van der Waals surface area contributed by atoms with Gasteiger partial charge in [0.1, 0.15) is 0 Å². The molecule has 0 bridgehead atoms. The van der Waals surface area contributed by atoms with Crippen molar-refractivity contribution >= 4 is 34.6 Å². The van der Waals surface area contributed by atoms with Crippen molar-refractivity contribution in [3.63, 3.8) is 0 Å². The first kappa shape index (κ1) is 16.1. The van der Waals surface area contributed by atoms with Crippen LogP contribution in [0.5, 0.6) is 0 Å². The number of amidine groups is 1. The first-order valence-electron chi connectivity index (χ1n) is 7.52. The molecular weight excluding hydrogens is 324 g/mol. The second kappa shape index (κ2) is 8.22. The maximum absolute atomic E-state index is 12.5. The molecule has 0 unspecified atom stereocenters. The van der Waals surface area contributed by atoms with Gasteiger partial charge in [0, 0.05) is 17.2 Å². The van der Waals surface area contributed by atoms with Crippen LogP contribution >= 0.6 is 23.5 Å². The molecule has 0 spiro atoms. The fourth-order valence-corrected chi connectivity index (χ4v) is 4.00. The van der Waals surface area contributed by atoms with E-state index in [1.807, 2.05) is 53.4 Å². The second-order valence-electron chi connectivity index (χ2n) is 5.08. The van der Waals surface area contributed by atoms with Crippen LogP contribution in [0.25, 0.3) is 0 Å². The van der Waals surface area contributed by atoms with Crippen molar-refractivity contribution in [3.05, 3.63) is 66.2 Å². The van der Waals surface area contributed by atoms with Gasteiger partial charge in [-0.2, -0.15) is 0 Å². The van der Waals surface area contributed by atoms with Crippen molar-refractivity contribution in [2.75, 3.05) is 18.1 Å². The highest BCUT2D eigenvalue weighted by Crippen LogP contribution is 2.22. The first-order chi connectivity index (χ1) is 11.3. The summed E-state index contributed by atoms with van der Waals surface area (Å²) in [6.45, 7) is 1.38. The summed E-state index contributed by atoms with van der Waals surface area (Å²) in [6, 6.07) is 20.2. The highest BCUT2D eigenvalue weighted by atomic mass is 32.2. The summed E-state index contributed by atoms with van der Waals surface area (Å²) in [5.41, 5.74) is 1.17. The van der Waals surface area contributed by atoms with Gasteiger partial charge in [-0.1, -0.05) is 60.3 Å². The summed E-state index contributed by atoms with van der Waals surface area (Å²) < 4.78 is 0. The van der Waals surface area contributed by atoms with Crippen LogP contribution in [0, 0.1) is 0 Å². The van der Waals surface area contributed by atoms with Gasteiger partial charge in [-0.15, -0.1) is 11.8 Å². The Morgan fingerprint density at radius 1 is 1.09 bits per heavy atom. The minimum atomic E-state index is 0.135. The molecule has 0 aromatic heterocycles. The minimum absolute atomic E-state index is 0.135. The van der Waals surface area contributed by atoms with Crippen molar-refractivity contribution in [2.45, 2.75) is 11.4 Å². The van der Waals surface area contributed by atoms with Crippen molar-refractivity contribution in [3.8, 4) is 0 Å². The molecule has 0 N–H and O–H groups in total. The Labute approximate surface area is 145 Å². The minimum Gasteiger partial charge on any atom is -0.290 e. The molecule has 0 atom stereocenters. The van der Waals surface area contributed by atoms with E-state index in [9.17, 15) is 4.79 Å². The third-order valence-electron chi connectivity index (χ3n) is 3.42. The molecule has 1 amide bonds. The number of nitrogens with zero attached hydrogens (tertiary/aromatic N) is 2. The van der Waals surface area contributed by atoms with E-state index < -0.39 is 0 Å². The molecule has 1 saturated heterocycles. The SMILES string of the molecule is O=C(CSc1ccccc1)N1CCSC1=NCc1ccccc1. The Balaban J connectivity index is 1.58. The summed E-state index contributed by atoms with van der Waals surface area (Å²) in [6.07, 6.45) is 0. The number of aliphatic imine (C=N–C) groups is 1. The molecular formula is C18H18N2OS2. The Kier molecular flexibility index (Phi) is 5.77. The van der Waals surface area contributed by atoms with E-state index in [1.54, 1.807) is 23.5 Å². The molecule has 118 valence electrons. The molecule has 5 heteroatoms. The molecule has 1 heterocycles. The van der Waals surface area contributed by atoms with E-state index in [0.29, 0.717) is 12.3 Å². The van der Waals surface area contributed by atoms with Gasteiger partial charge in [-0.25, -0.2) is 0 Å².